The van der Waals surface area contributed by atoms with E-state index in [4.69, 9.17) is 14.2 Å². The minimum Gasteiger partial charge on any atom is -0.379 e. The minimum atomic E-state index is 0.221. The number of hydrogen-bond donors (Lipinski definition) is 1. The van der Waals surface area contributed by atoms with Crippen molar-refractivity contribution >= 4 is 0 Å². The van der Waals surface area contributed by atoms with Crippen LogP contribution in [0.25, 0.3) is 0 Å². The summed E-state index contributed by atoms with van der Waals surface area (Å²) in [5.41, 5.74) is 0.221. The van der Waals surface area contributed by atoms with Crippen LogP contribution in [0.5, 0.6) is 0 Å². The first-order valence-corrected chi connectivity index (χ1v) is 8.34. The Labute approximate surface area is 130 Å². The second kappa shape index (κ2) is 11.4. The van der Waals surface area contributed by atoms with Gasteiger partial charge in [0.15, 0.2) is 0 Å². The van der Waals surface area contributed by atoms with Crippen LogP contribution in [0, 0.1) is 0 Å². The van der Waals surface area contributed by atoms with Crippen molar-refractivity contribution in [3.63, 3.8) is 0 Å². The lowest BCUT2D eigenvalue weighted by Gasteiger charge is -2.39. The lowest BCUT2D eigenvalue weighted by molar-refractivity contribution is 0.00773. The Morgan fingerprint density at radius 2 is 1.57 bits per heavy atom. The van der Waals surface area contributed by atoms with Gasteiger partial charge in [-0.05, 0) is 20.3 Å². The van der Waals surface area contributed by atoms with Crippen molar-refractivity contribution in [2.24, 2.45) is 0 Å². The molecular weight excluding hydrogens is 268 g/mol. The van der Waals surface area contributed by atoms with E-state index in [0.29, 0.717) is 26.4 Å². The van der Waals surface area contributed by atoms with Crippen molar-refractivity contribution in [2.45, 2.75) is 39.2 Å². The van der Waals surface area contributed by atoms with Crippen molar-refractivity contribution in [1.29, 1.82) is 0 Å². The summed E-state index contributed by atoms with van der Waals surface area (Å²) in [5, 5.41) is 3.52. The van der Waals surface area contributed by atoms with Crippen molar-refractivity contribution in [2.75, 3.05) is 65.8 Å². The second-order valence-corrected chi connectivity index (χ2v) is 6.28. The van der Waals surface area contributed by atoms with Gasteiger partial charge < -0.3 is 19.5 Å². The molecule has 0 amide bonds. The third-order valence-electron chi connectivity index (χ3n) is 3.59. The third-order valence-corrected chi connectivity index (χ3v) is 3.59. The predicted molar refractivity (Wildman–Crippen MR) is 85.9 cm³/mol. The molecule has 126 valence electrons. The van der Waals surface area contributed by atoms with Gasteiger partial charge in [-0.1, -0.05) is 13.3 Å². The number of rotatable bonds is 12. The van der Waals surface area contributed by atoms with Crippen LogP contribution in [0.1, 0.15) is 33.6 Å². The highest BCUT2D eigenvalue weighted by Gasteiger charge is 2.24. The standard InChI is InChI=1S/C16H34N2O3/c1-4-5-9-19-11-13-21-14-12-20-10-8-18-7-6-17-16(2,3)15-18/h17H,4-15H2,1-3H3. The van der Waals surface area contributed by atoms with Crippen molar-refractivity contribution in [3.8, 4) is 0 Å². The molecule has 1 rings (SSSR count). The average Bonchev–Trinajstić information content (AvgIpc) is 2.44. The van der Waals surface area contributed by atoms with E-state index in [1.807, 2.05) is 0 Å². The van der Waals surface area contributed by atoms with Gasteiger partial charge in [-0.15, -0.1) is 0 Å². The topological polar surface area (TPSA) is 43.0 Å². The zero-order valence-corrected chi connectivity index (χ0v) is 14.2. The molecule has 0 radical (unpaired) electrons. The normalized spacial score (nSPS) is 19.0. The van der Waals surface area contributed by atoms with E-state index in [2.05, 4.69) is 31.0 Å². The fourth-order valence-corrected chi connectivity index (χ4v) is 2.42. The number of hydrogen-bond acceptors (Lipinski definition) is 5. The molecule has 0 bridgehead atoms. The molecule has 1 aliphatic rings. The molecule has 1 heterocycles. The van der Waals surface area contributed by atoms with Crippen LogP contribution in [0.3, 0.4) is 0 Å². The summed E-state index contributed by atoms with van der Waals surface area (Å²) >= 11 is 0. The van der Waals surface area contributed by atoms with Gasteiger partial charge in [-0.3, -0.25) is 4.90 Å². The van der Waals surface area contributed by atoms with Crippen molar-refractivity contribution in [3.05, 3.63) is 0 Å². The van der Waals surface area contributed by atoms with Gasteiger partial charge in [0.25, 0.3) is 0 Å². The molecule has 0 saturated carbocycles. The fourth-order valence-electron chi connectivity index (χ4n) is 2.42. The number of ether oxygens (including phenoxy) is 3. The second-order valence-electron chi connectivity index (χ2n) is 6.28. The Hall–Kier alpha value is -0.200. The molecule has 0 unspecified atom stereocenters. The van der Waals surface area contributed by atoms with Gasteiger partial charge in [-0.2, -0.15) is 0 Å². The molecule has 21 heavy (non-hydrogen) atoms. The maximum atomic E-state index is 5.62. The molecule has 1 N–H and O–H groups in total. The van der Waals surface area contributed by atoms with Crippen LogP contribution < -0.4 is 5.32 Å². The number of nitrogens with one attached hydrogen (secondary N) is 1. The molecule has 0 spiro atoms. The van der Waals surface area contributed by atoms with Gasteiger partial charge in [0.1, 0.15) is 0 Å². The molecule has 0 aromatic heterocycles. The van der Waals surface area contributed by atoms with Gasteiger partial charge in [0.05, 0.1) is 33.0 Å². The van der Waals surface area contributed by atoms with Gasteiger partial charge in [-0.25, -0.2) is 0 Å². The summed E-state index contributed by atoms with van der Waals surface area (Å²) in [5.74, 6) is 0. The average molecular weight is 302 g/mol. The number of unbranched alkanes of at least 4 members (excludes halogenated alkanes) is 1. The maximum Gasteiger partial charge on any atom is 0.0701 e. The van der Waals surface area contributed by atoms with Crippen molar-refractivity contribution < 1.29 is 14.2 Å². The molecule has 5 heteroatoms. The first-order chi connectivity index (χ1) is 10.1. The zero-order chi connectivity index (χ0) is 15.4. The van der Waals surface area contributed by atoms with E-state index in [-0.39, 0.29) is 5.54 Å². The lowest BCUT2D eigenvalue weighted by Crippen LogP contribution is -2.57. The fraction of sp³-hybridized carbons (Fsp3) is 1.00. The van der Waals surface area contributed by atoms with Gasteiger partial charge in [0.2, 0.25) is 0 Å². The summed E-state index contributed by atoms with van der Waals surface area (Å²) in [7, 11) is 0. The minimum absolute atomic E-state index is 0.221. The van der Waals surface area contributed by atoms with Gasteiger partial charge in [0, 0.05) is 38.3 Å². The number of nitrogens with zero attached hydrogens (tertiary/aromatic N) is 1. The lowest BCUT2D eigenvalue weighted by atomic mass is 10.0. The molecule has 1 saturated heterocycles. The predicted octanol–water partition coefficient (Wildman–Crippen LogP) is 1.52. The Balaban J connectivity index is 1.82. The Kier molecular flexibility index (Phi) is 10.2. The molecule has 0 atom stereocenters. The molecule has 0 aromatic rings. The van der Waals surface area contributed by atoms with E-state index >= 15 is 0 Å². The summed E-state index contributed by atoms with van der Waals surface area (Å²) in [6.07, 6.45) is 2.31. The van der Waals surface area contributed by atoms with Crippen LogP contribution in [0.4, 0.5) is 0 Å². The van der Waals surface area contributed by atoms with Crippen LogP contribution in [-0.2, 0) is 14.2 Å². The van der Waals surface area contributed by atoms with Crippen LogP contribution in [0.15, 0.2) is 0 Å². The van der Waals surface area contributed by atoms with E-state index < -0.39 is 0 Å². The molecule has 1 aliphatic heterocycles. The van der Waals surface area contributed by atoms with E-state index in [0.717, 1.165) is 45.8 Å². The van der Waals surface area contributed by atoms with Gasteiger partial charge >= 0.3 is 0 Å². The van der Waals surface area contributed by atoms with Crippen molar-refractivity contribution in [1.82, 2.24) is 10.2 Å². The maximum absolute atomic E-state index is 5.62. The highest BCUT2D eigenvalue weighted by molar-refractivity contribution is 4.86. The van der Waals surface area contributed by atoms with Crippen LogP contribution >= 0.6 is 0 Å². The smallest absolute Gasteiger partial charge is 0.0701 e. The molecular formula is C16H34N2O3. The van der Waals surface area contributed by atoms with Crippen LogP contribution in [-0.4, -0.2) is 76.3 Å². The first-order valence-electron chi connectivity index (χ1n) is 8.34. The largest absolute Gasteiger partial charge is 0.379 e. The summed E-state index contributed by atoms with van der Waals surface area (Å²) in [4.78, 5) is 2.46. The quantitative estimate of drug-likeness (QED) is 0.554. The monoisotopic (exact) mass is 302 g/mol. The zero-order valence-electron chi connectivity index (χ0n) is 14.2. The molecule has 0 aromatic carbocycles. The molecule has 0 aliphatic carbocycles. The summed E-state index contributed by atoms with van der Waals surface area (Å²) in [6, 6.07) is 0. The number of piperazine rings is 1. The van der Waals surface area contributed by atoms with E-state index in [9.17, 15) is 0 Å². The third kappa shape index (κ3) is 10.2. The Bertz CT molecular complexity index is 250. The summed E-state index contributed by atoms with van der Waals surface area (Å²) < 4.78 is 16.5. The first kappa shape index (κ1) is 18.8. The summed E-state index contributed by atoms with van der Waals surface area (Å²) in [6.45, 7) is 15.2. The van der Waals surface area contributed by atoms with Crippen LogP contribution in [0.2, 0.25) is 0 Å². The molecule has 1 fully saturated rings. The Morgan fingerprint density at radius 1 is 0.952 bits per heavy atom. The molecule has 5 nitrogen and oxygen atoms in total. The van der Waals surface area contributed by atoms with E-state index in [1.54, 1.807) is 0 Å². The SMILES string of the molecule is CCCCOCCOCCOCCN1CCNC(C)(C)C1. The highest BCUT2D eigenvalue weighted by atomic mass is 16.5. The Morgan fingerprint density at radius 3 is 2.19 bits per heavy atom. The van der Waals surface area contributed by atoms with E-state index in [1.165, 1.54) is 6.42 Å². The highest BCUT2D eigenvalue weighted by Crippen LogP contribution is 2.09.